The van der Waals surface area contributed by atoms with Gasteiger partial charge in [-0.05, 0) is 35.4 Å². The Morgan fingerprint density at radius 3 is 1.84 bits per heavy atom. The van der Waals surface area contributed by atoms with Gasteiger partial charge in [0.2, 0.25) is 10.0 Å². The van der Waals surface area contributed by atoms with Crippen LogP contribution in [0.3, 0.4) is 0 Å². The van der Waals surface area contributed by atoms with Crippen LogP contribution < -0.4 is 4.74 Å². The number of carbonyl (C=O) groups excluding carboxylic acids is 1. The Morgan fingerprint density at radius 1 is 0.774 bits per heavy atom. The zero-order valence-electron chi connectivity index (χ0n) is 17.6. The van der Waals surface area contributed by atoms with Crippen molar-refractivity contribution in [1.82, 2.24) is 9.21 Å². The molecule has 0 aliphatic heterocycles. The van der Waals surface area contributed by atoms with Crippen LogP contribution in [0.5, 0.6) is 5.75 Å². The summed E-state index contributed by atoms with van der Waals surface area (Å²) in [5.74, 6) is 0.272. The number of rotatable bonds is 9. The van der Waals surface area contributed by atoms with E-state index < -0.39 is 10.0 Å². The molecule has 162 valence electrons. The molecule has 0 aliphatic carbocycles. The second kappa shape index (κ2) is 10.2. The molecule has 0 heterocycles. The molecule has 0 N–H and O–H groups in total. The predicted molar refractivity (Wildman–Crippen MR) is 120 cm³/mol. The maximum Gasteiger partial charge on any atom is 0.260 e. The third-order valence-electron chi connectivity index (χ3n) is 4.83. The van der Waals surface area contributed by atoms with E-state index in [2.05, 4.69) is 0 Å². The summed E-state index contributed by atoms with van der Waals surface area (Å²) in [6.45, 7) is 0.654. The zero-order chi connectivity index (χ0) is 22.3. The van der Waals surface area contributed by atoms with Crippen LogP contribution in [0.1, 0.15) is 11.1 Å². The molecule has 7 heteroatoms. The highest BCUT2D eigenvalue weighted by atomic mass is 32.2. The van der Waals surface area contributed by atoms with Crippen LogP contribution in [0.15, 0.2) is 89.8 Å². The molecule has 1 amide bonds. The molecule has 6 nitrogen and oxygen atoms in total. The van der Waals surface area contributed by atoms with Crippen molar-refractivity contribution in [1.29, 1.82) is 0 Å². The minimum absolute atomic E-state index is 0.122. The molecule has 0 atom stereocenters. The standard InChI is InChI=1S/C24H26N2O4S/c1-25(17-20-9-5-3-6-10-20)24(27)19-30-22-13-15-23(16-14-22)31(28,29)26(2)18-21-11-7-4-8-12-21/h3-16H,17-19H2,1-2H3. The first-order valence-corrected chi connectivity index (χ1v) is 11.3. The van der Waals surface area contributed by atoms with Crippen molar-refractivity contribution in [3.05, 3.63) is 96.1 Å². The number of ether oxygens (including phenoxy) is 1. The average molecular weight is 439 g/mol. The molecule has 3 aromatic carbocycles. The number of likely N-dealkylation sites (N-methyl/N-ethyl adjacent to an activating group) is 1. The molecular weight excluding hydrogens is 412 g/mol. The number of nitrogens with zero attached hydrogens (tertiary/aromatic N) is 2. The van der Waals surface area contributed by atoms with Crippen LogP contribution in [0.2, 0.25) is 0 Å². The third kappa shape index (κ3) is 6.16. The Balaban J connectivity index is 1.56. The number of hydrogen-bond donors (Lipinski definition) is 0. The van der Waals surface area contributed by atoms with E-state index in [1.54, 1.807) is 31.1 Å². The van der Waals surface area contributed by atoms with Gasteiger partial charge in [-0.3, -0.25) is 4.79 Å². The number of hydrogen-bond acceptors (Lipinski definition) is 4. The molecule has 0 bridgehead atoms. The lowest BCUT2D eigenvalue weighted by Crippen LogP contribution is -2.31. The zero-order valence-corrected chi connectivity index (χ0v) is 18.5. The molecule has 0 unspecified atom stereocenters. The van der Waals surface area contributed by atoms with Crippen LogP contribution in [-0.4, -0.2) is 44.2 Å². The fraction of sp³-hybridized carbons (Fsp3) is 0.208. The fourth-order valence-electron chi connectivity index (χ4n) is 3.01. The first kappa shape index (κ1) is 22.5. The summed E-state index contributed by atoms with van der Waals surface area (Å²) in [4.78, 5) is 14.1. The number of sulfonamides is 1. The van der Waals surface area contributed by atoms with Crippen molar-refractivity contribution in [3.63, 3.8) is 0 Å². The van der Waals surface area contributed by atoms with E-state index in [9.17, 15) is 13.2 Å². The van der Waals surface area contributed by atoms with Gasteiger partial charge in [0, 0.05) is 27.2 Å². The molecule has 0 radical (unpaired) electrons. The topological polar surface area (TPSA) is 66.9 Å². The molecule has 3 rings (SSSR count). The van der Waals surface area contributed by atoms with Gasteiger partial charge < -0.3 is 9.64 Å². The Labute approximate surface area is 183 Å². The van der Waals surface area contributed by atoms with Gasteiger partial charge in [0.1, 0.15) is 5.75 Å². The maximum atomic E-state index is 12.8. The maximum absolute atomic E-state index is 12.8. The van der Waals surface area contributed by atoms with Gasteiger partial charge in [-0.25, -0.2) is 8.42 Å². The van der Waals surface area contributed by atoms with E-state index in [-0.39, 0.29) is 24.0 Å². The Morgan fingerprint density at radius 2 is 1.29 bits per heavy atom. The van der Waals surface area contributed by atoms with Gasteiger partial charge in [0.15, 0.2) is 6.61 Å². The summed E-state index contributed by atoms with van der Waals surface area (Å²) in [5.41, 5.74) is 1.94. The lowest BCUT2D eigenvalue weighted by molar-refractivity contribution is -0.132. The Bertz CT molecular complexity index is 1090. The average Bonchev–Trinajstić information content (AvgIpc) is 2.79. The lowest BCUT2D eigenvalue weighted by atomic mass is 10.2. The van der Waals surface area contributed by atoms with Crippen LogP contribution in [0.4, 0.5) is 0 Å². The van der Waals surface area contributed by atoms with E-state index in [4.69, 9.17) is 4.74 Å². The summed E-state index contributed by atoms with van der Waals surface area (Å²) in [6, 6.07) is 25.2. The third-order valence-corrected chi connectivity index (χ3v) is 6.65. The minimum atomic E-state index is -3.63. The van der Waals surface area contributed by atoms with Gasteiger partial charge >= 0.3 is 0 Å². The summed E-state index contributed by atoms with van der Waals surface area (Å²) in [7, 11) is -0.362. The second-order valence-corrected chi connectivity index (χ2v) is 9.29. The van der Waals surface area contributed by atoms with Gasteiger partial charge in [-0.1, -0.05) is 60.7 Å². The largest absolute Gasteiger partial charge is 0.484 e. The van der Waals surface area contributed by atoms with E-state index >= 15 is 0 Å². The van der Waals surface area contributed by atoms with Crippen LogP contribution >= 0.6 is 0 Å². The molecule has 3 aromatic rings. The highest BCUT2D eigenvalue weighted by Crippen LogP contribution is 2.20. The molecule has 0 fully saturated rings. The monoisotopic (exact) mass is 438 g/mol. The van der Waals surface area contributed by atoms with E-state index in [1.807, 2.05) is 60.7 Å². The van der Waals surface area contributed by atoms with Crippen LogP contribution in [0.25, 0.3) is 0 Å². The molecule has 0 aliphatic rings. The molecule has 0 saturated carbocycles. The number of carbonyl (C=O) groups is 1. The lowest BCUT2D eigenvalue weighted by Gasteiger charge is -2.18. The van der Waals surface area contributed by atoms with Gasteiger partial charge in [-0.2, -0.15) is 4.31 Å². The molecule has 31 heavy (non-hydrogen) atoms. The van der Waals surface area contributed by atoms with Gasteiger partial charge in [0.05, 0.1) is 4.90 Å². The SMILES string of the molecule is CN(Cc1ccccc1)C(=O)COc1ccc(S(=O)(=O)N(C)Cc2ccccc2)cc1. The Hall–Kier alpha value is -3.16. The number of benzene rings is 3. The first-order chi connectivity index (χ1) is 14.9. The molecule has 0 saturated heterocycles. The van der Waals surface area contributed by atoms with Crippen LogP contribution in [0, 0.1) is 0 Å². The number of amides is 1. The van der Waals surface area contributed by atoms with Crippen molar-refractivity contribution in [2.45, 2.75) is 18.0 Å². The highest BCUT2D eigenvalue weighted by Gasteiger charge is 2.21. The summed E-state index contributed by atoms with van der Waals surface area (Å²) in [5, 5.41) is 0. The molecule has 0 spiro atoms. The van der Waals surface area contributed by atoms with Gasteiger partial charge in [0.25, 0.3) is 5.91 Å². The van der Waals surface area contributed by atoms with Crippen LogP contribution in [-0.2, 0) is 27.9 Å². The summed E-state index contributed by atoms with van der Waals surface area (Å²) >= 11 is 0. The quantitative estimate of drug-likeness (QED) is 0.513. The van der Waals surface area contributed by atoms with E-state index in [1.165, 1.54) is 16.4 Å². The fourth-order valence-corrected chi connectivity index (χ4v) is 4.17. The Kier molecular flexibility index (Phi) is 7.44. The molecule has 0 aromatic heterocycles. The van der Waals surface area contributed by atoms with Crippen molar-refractivity contribution < 1.29 is 17.9 Å². The van der Waals surface area contributed by atoms with Crippen molar-refractivity contribution in [3.8, 4) is 5.75 Å². The van der Waals surface area contributed by atoms with E-state index in [0.29, 0.717) is 12.3 Å². The van der Waals surface area contributed by atoms with Crippen molar-refractivity contribution >= 4 is 15.9 Å². The highest BCUT2D eigenvalue weighted by molar-refractivity contribution is 7.89. The minimum Gasteiger partial charge on any atom is -0.484 e. The molecular formula is C24H26N2O4S. The van der Waals surface area contributed by atoms with Crippen molar-refractivity contribution in [2.75, 3.05) is 20.7 Å². The van der Waals surface area contributed by atoms with E-state index in [0.717, 1.165) is 11.1 Å². The summed E-state index contributed by atoms with van der Waals surface area (Å²) < 4.78 is 32.5. The smallest absolute Gasteiger partial charge is 0.260 e. The predicted octanol–water partition coefficient (Wildman–Crippen LogP) is 3.54. The second-order valence-electron chi connectivity index (χ2n) is 7.24. The summed E-state index contributed by atoms with van der Waals surface area (Å²) in [6.07, 6.45) is 0. The van der Waals surface area contributed by atoms with Crippen molar-refractivity contribution in [2.24, 2.45) is 0 Å². The van der Waals surface area contributed by atoms with Gasteiger partial charge in [-0.15, -0.1) is 0 Å². The first-order valence-electron chi connectivity index (χ1n) is 9.87. The normalized spacial score (nSPS) is 11.3.